The molecule has 0 heterocycles. The first-order valence-corrected chi connectivity index (χ1v) is 7.89. The molecule has 0 saturated carbocycles. The lowest BCUT2D eigenvalue weighted by atomic mass is 10.2. The van der Waals surface area contributed by atoms with Gasteiger partial charge in [-0.25, -0.2) is 13.6 Å². The normalized spacial score (nSPS) is 11.5. The van der Waals surface area contributed by atoms with Gasteiger partial charge < -0.3 is 5.73 Å². The Labute approximate surface area is 116 Å². The summed E-state index contributed by atoms with van der Waals surface area (Å²) in [6.07, 6.45) is 0. The maximum absolute atomic E-state index is 11.2. The van der Waals surface area contributed by atoms with Gasteiger partial charge >= 0.3 is 0 Å². The number of sulfonamides is 1. The van der Waals surface area contributed by atoms with Crippen LogP contribution in [0, 0.1) is 6.92 Å². The lowest BCUT2D eigenvalue weighted by Gasteiger charge is -2.07. The van der Waals surface area contributed by atoms with Gasteiger partial charge in [-0.05, 0) is 37.3 Å². The lowest BCUT2D eigenvalue weighted by Crippen LogP contribution is -2.12. The van der Waals surface area contributed by atoms with Gasteiger partial charge in [0, 0.05) is 15.5 Å². The van der Waals surface area contributed by atoms with Crippen molar-refractivity contribution in [3.05, 3.63) is 48.0 Å². The Morgan fingerprint density at radius 2 is 1.68 bits per heavy atom. The van der Waals surface area contributed by atoms with Gasteiger partial charge in [0.05, 0.1) is 4.90 Å². The molecule has 0 atom stereocenters. The summed E-state index contributed by atoms with van der Waals surface area (Å²) in [5.74, 6) is 0. The molecule has 6 heteroatoms. The van der Waals surface area contributed by atoms with Crippen LogP contribution in [0.1, 0.15) is 5.56 Å². The molecule has 0 amide bonds. The molecule has 0 spiro atoms. The second kappa shape index (κ2) is 5.24. The Hall–Kier alpha value is -1.50. The average molecular weight is 294 g/mol. The number of hydrogen-bond donors (Lipinski definition) is 2. The number of hydrogen-bond acceptors (Lipinski definition) is 4. The van der Waals surface area contributed by atoms with Gasteiger partial charge in [-0.2, -0.15) is 0 Å². The van der Waals surface area contributed by atoms with E-state index in [0.29, 0.717) is 5.69 Å². The first-order chi connectivity index (χ1) is 8.86. The summed E-state index contributed by atoms with van der Waals surface area (Å²) in [7, 11) is -3.71. The Morgan fingerprint density at radius 3 is 2.21 bits per heavy atom. The summed E-state index contributed by atoms with van der Waals surface area (Å²) in [4.78, 5) is 1.87. The van der Waals surface area contributed by atoms with E-state index < -0.39 is 10.0 Å². The molecule has 0 fully saturated rings. The fourth-order valence-corrected chi connectivity index (χ4v) is 2.92. The number of anilines is 1. The van der Waals surface area contributed by atoms with E-state index in [1.54, 1.807) is 6.07 Å². The van der Waals surface area contributed by atoms with Crippen molar-refractivity contribution in [2.24, 2.45) is 5.14 Å². The van der Waals surface area contributed by atoms with Gasteiger partial charge in [0.25, 0.3) is 0 Å². The smallest absolute Gasteiger partial charge is 0.238 e. The van der Waals surface area contributed by atoms with Crippen LogP contribution in [0.3, 0.4) is 0 Å². The first kappa shape index (κ1) is 13.9. The van der Waals surface area contributed by atoms with Gasteiger partial charge in [0.2, 0.25) is 10.0 Å². The highest BCUT2D eigenvalue weighted by molar-refractivity contribution is 7.99. The zero-order valence-electron chi connectivity index (χ0n) is 10.3. The molecule has 2 aromatic rings. The van der Waals surface area contributed by atoms with Crippen LogP contribution < -0.4 is 10.9 Å². The number of primary sulfonamides is 1. The number of benzene rings is 2. The summed E-state index contributed by atoms with van der Waals surface area (Å²) in [6, 6.07) is 12.5. The molecule has 4 nitrogen and oxygen atoms in total. The van der Waals surface area contributed by atoms with E-state index in [-0.39, 0.29) is 4.90 Å². The fraction of sp³-hybridized carbons (Fsp3) is 0.0769. The monoisotopic (exact) mass is 294 g/mol. The summed E-state index contributed by atoms with van der Waals surface area (Å²) >= 11 is 1.48. The molecule has 19 heavy (non-hydrogen) atoms. The lowest BCUT2D eigenvalue weighted by molar-refractivity contribution is 0.598. The van der Waals surface area contributed by atoms with E-state index in [2.05, 4.69) is 0 Å². The summed E-state index contributed by atoms with van der Waals surface area (Å²) in [5, 5.41) is 5.05. The molecule has 2 aromatic carbocycles. The highest BCUT2D eigenvalue weighted by Crippen LogP contribution is 2.33. The highest BCUT2D eigenvalue weighted by atomic mass is 32.2. The SMILES string of the molecule is Cc1ccc(Sc2ccc(S(N)(=O)=O)cc2N)cc1. The van der Waals surface area contributed by atoms with Crippen molar-refractivity contribution in [1.29, 1.82) is 0 Å². The minimum atomic E-state index is -3.71. The highest BCUT2D eigenvalue weighted by Gasteiger charge is 2.10. The predicted octanol–water partition coefficient (Wildman–Crippen LogP) is 2.38. The number of nitrogen functional groups attached to an aromatic ring is 1. The molecule has 0 unspecified atom stereocenters. The Morgan fingerprint density at radius 1 is 1.05 bits per heavy atom. The van der Waals surface area contributed by atoms with Gasteiger partial charge in [0.1, 0.15) is 0 Å². The third-order valence-corrected chi connectivity index (χ3v) is 4.57. The van der Waals surface area contributed by atoms with Crippen LogP contribution in [0.15, 0.2) is 57.2 Å². The van der Waals surface area contributed by atoms with Crippen molar-refractivity contribution >= 4 is 27.5 Å². The van der Waals surface area contributed by atoms with Crippen LogP contribution in [0.4, 0.5) is 5.69 Å². The van der Waals surface area contributed by atoms with Crippen molar-refractivity contribution in [1.82, 2.24) is 0 Å². The largest absolute Gasteiger partial charge is 0.398 e. The minimum absolute atomic E-state index is 0.0262. The van der Waals surface area contributed by atoms with E-state index >= 15 is 0 Å². The number of rotatable bonds is 3. The summed E-state index contributed by atoms with van der Waals surface area (Å²) in [5.41, 5.74) is 7.44. The first-order valence-electron chi connectivity index (χ1n) is 5.53. The molecule has 0 radical (unpaired) electrons. The molecule has 0 aliphatic heterocycles. The topological polar surface area (TPSA) is 86.2 Å². The van der Waals surface area contributed by atoms with E-state index in [1.807, 2.05) is 31.2 Å². The molecule has 0 aromatic heterocycles. The minimum Gasteiger partial charge on any atom is -0.398 e. The number of nitrogens with two attached hydrogens (primary N) is 2. The van der Waals surface area contributed by atoms with E-state index in [4.69, 9.17) is 10.9 Å². The zero-order valence-corrected chi connectivity index (χ0v) is 12.0. The van der Waals surface area contributed by atoms with Crippen molar-refractivity contribution < 1.29 is 8.42 Å². The summed E-state index contributed by atoms with van der Waals surface area (Å²) in [6.45, 7) is 2.02. The molecule has 4 N–H and O–H groups in total. The van der Waals surface area contributed by atoms with E-state index in [1.165, 1.54) is 29.5 Å². The number of aryl methyl sites for hydroxylation is 1. The van der Waals surface area contributed by atoms with Gasteiger partial charge in [-0.1, -0.05) is 29.5 Å². The van der Waals surface area contributed by atoms with Crippen molar-refractivity contribution in [2.75, 3.05) is 5.73 Å². The fourth-order valence-electron chi connectivity index (χ4n) is 1.53. The molecule has 100 valence electrons. The van der Waals surface area contributed by atoms with Crippen molar-refractivity contribution in [2.45, 2.75) is 21.6 Å². The third kappa shape index (κ3) is 3.50. The van der Waals surface area contributed by atoms with Crippen LogP contribution in [0.2, 0.25) is 0 Å². The predicted molar refractivity (Wildman–Crippen MR) is 77.5 cm³/mol. The Balaban J connectivity index is 2.29. The van der Waals surface area contributed by atoms with Crippen molar-refractivity contribution in [3.8, 4) is 0 Å². The molecule has 0 saturated heterocycles. The maximum atomic E-state index is 11.2. The zero-order chi connectivity index (χ0) is 14.0. The van der Waals surface area contributed by atoms with Crippen LogP contribution in [0.25, 0.3) is 0 Å². The van der Waals surface area contributed by atoms with E-state index in [9.17, 15) is 8.42 Å². The molecular formula is C13H14N2O2S2. The van der Waals surface area contributed by atoms with Gasteiger partial charge in [-0.3, -0.25) is 0 Å². The summed E-state index contributed by atoms with van der Waals surface area (Å²) < 4.78 is 22.4. The van der Waals surface area contributed by atoms with Crippen LogP contribution >= 0.6 is 11.8 Å². The Bertz CT molecular complexity index is 695. The molecular weight excluding hydrogens is 280 g/mol. The van der Waals surface area contributed by atoms with Crippen LogP contribution in [-0.2, 0) is 10.0 Å². The molecule has 2 rings (SSSR count). The maximum Gasteiger partial charge on any atom is 0.238 e. The second-order valence-corrected chi connectivity index (χ2v) is 6.84. The quantitative estimate of drug-likeness (QED) is 0.851. The molecule has 0 aliphatic carbocycles. The van der Waals surface area contributed by atoms with Gasteiger partial charge in [0.15, 0.2) is 0 Å². The standard InChI is InChI=1S/C13H14N2O2S2/c1-9-2-4-10(5-3-9)18-13-7-6-11(8-12(13)14)19(15,16)17/h2-8H,14H2,1H3,(H2,15,16,17). The molecule has 0 aliphatic rings. The van der Waals surface area contributed by atoms with Crippen LogP contribution in [0.5, 0.6) is 0 Å². The molecule has 0 bridgehead atoms. The average Bonchev–Trinajstić information content (AvgIpc) is 2.33. The van der Waals surface area contributed by atoms with Crippen molar-refractivity contribution in [3.63, 3.8) is 0 Å². The van der Waals surface area contributed by atoms with Crippen LogP contribution in [-0.4, -0.2) is 8.42 Å². The third-order valence-electron chi connectivity index (χ3n) is 2.56. The Kier molecular flexibility index (Phi) is 3.84. The van der Waals surface area contributed by atoms with E-state index in [0.717, 1.165) is 9.79 Å². The second-order valence-electron chi connectivity index (χ2n) is 4.16. The van der Waals surface area contributed by atoms with Gasteiger partial charge in [-0.15, -0.1) is 0 Å².